The zero-order chi connectivity index (χ0) is 32.0. The molecule has 0 saturated heterocycles. The lowest BCUT2D eigenvalue weighted by Gasteiger charge is -2.22. The average Bonchev–Trinajstić information content (AvgIpc) is 3.02. The molecule has 2 N–H and O–H groups in total. The average molecular weight is 651 g/mol. The predicted octanol–water partition coefficient (Wildman–Crippen LogP) is 8.37. The van der Waals surface area contributed by atoms with Crippen molar-refractivity contribution in [2.75, 3.05) is 18.8 Å². The molecule has 45 heavy (non-hydrogen) atoms. The summed E-state index contributed by atoms with van der Waals surface area (Å²) in [7, 11) is 0. The highest BCUT2D eigenvalue weighted by Gasteiger charge is 2.31. The molecule has 0 aliphatic carbocycles. The monoisotopic (exact) mass is 650 g/mol. The van der Waals surface area contributed by atoms with Gasteiger partial charge < -0.3 is 10.1 Å². The van der Waals surface area contributed by atoms with Crippen LogP contribution in [-0.4, -0.2) is 39.6 Å². The third kappa shape index (κ3) is 8.36. The predicted molar refractivity (Wildman–Crippen MR) is 174 cm³/mol. The van der Waals surface area contributed by atoms with E-state index in [1.165, 1.54) is 29.8 Å². The molecule has 4 aromatic carbocycles. The Morgan fingerprint density at radius 3 is 2.27 bits per heavy atom. The lowest BCUT2D eigenvalue weighted by atomic mass is 9.98. The molecule has 5 rings (SSSR count). The maximum absolute atomic E-state index is 13.7. The number of nitrogens with zero attached hydrogens (tertiary/aromatic N) is 1. The Balaban J connectivity index is 1.38. The SMILES string of the molecule is O=C(CCN(CCc1ccccc1)Cc1ccccc1)CSc1c(-c2cc(Cl)ccc2O)c2cc(C(F)(F)F)ccc2[nH]c1=O. The number of aromatic hydroxyl groups is 1. The van der Waals surface area contributed by atoms with Crippen LogP contribution in [0.25, 0.3) is 22.0 Å². The highest BCUT2D eigenvalue weighted by molar-refractivity contribution is 8.00. The second kappa shape index (κ2) is 14.4. The first-order valence-corrected chi connectivity index (χ1v) is 15.7. The van der Waals surface area contributed by atoms with Gasteiger partial charge in [0.2, 0.25) is 0 Å². The Hall–Kier alpha value is -4.05. The molecule has 0 spiro atoms. The lowest BCUT2D eigenvalue weighted by molar-refractivity contribution is -0.137. The molecule has 1 heterocycles. The molecule has 0 aliphatic heterocycles. The van der Waals surface area contributed by atoms with Gasteiger partial charge in [-0.3, -0.25) is 14.5 Å². The number of nitrogens with one attached hydrogen (secondary N) is 1. The second-order valence-electron chi connectivity index (χ2n) is 10.7. The molecule has 0 saturated carbocycles. The summed E-state index contributed by atoms with van der Waals surface area (Å²) in [4.78, 5) is 31.3. The van der Waals surface area contributed by atoms with Crippen LogP contribution in [-0.2, 0) is 23.9 Å². The van der Waals surface area contributed by atoms with Crippen LogP contribution in [0.1, 0.15) is 23.1 Å². The molecule has 0 aliphatic rings. The van der Waals surface area contributed by atoms with E-state index in [4.69, 9.17) is 11.6 Å². The van der Waals surface area contributed by atoms with Crippen LogP contribution in [0.2, 0.25) is 5.02 Å². The zero-order valence-corrected chi connectivity index (χ0v) is 25.7. The first-order valence-electron chi connectivity index (χ1n) is 14.3. The third-order valence-electron chi connectivity index (χ3n) is 7.42. The van der Waals surface area contributed by atoms with E-state index < -0.39 is 17.3 Å². The summed E-state index contributed by atoms with van der Waals surface area (Å²) >= 11 is 7.13. The Kier molecular flexibility index (Phi) is 10.3. The van der Waals surface area contributed by atoms with Crippen molar-refractivity contribution >= 4 is 40.0 Å². The number of thioether (sulfide) groups is 1. The number of hydrogen-bond donors (Lipinski definition) is 2. The number of rotatable bonds is 12. The number of aromatic nitrogens is 1. The summed E-state index contributed by atoms with van der Waals surface area (Å²) in [6.07, 6.45) is -3.60. The number of H-pyrrole nitrogens is 1. The van der Waals surface area contributed by atoms with Gasteiger partial charge in [0, 0.05) is 53.1 Å². The van der Waals surface area contributed by atoms with Gasteiger partial charge in [-0.2, -0.15) is 13.2 Å². The fraction of sp³-hybridized carbons (Fsp3) is 0.200. The Morgan fingerprint density at radius 1 is 0.889 bits per heavy atom. The molecule has 0 fully saturated rings. The van der Waals surface area contributed by atoms with Crippen LogP contribution >= 0.6 is 23.4 Å². The number of halogens is 4. The summed E-state index contributed by atoms with van der Waals surface area (Å²) in [6.45, 7) is 1.90. The van der Waals surface area contributed by atoms with Crippen LogP contribution in [0.15, 0.2) is 107 Å². The van der Waals surface area contributed by atoms with Gasteiger partial charge in [0.05, 0.1) is 16.2 Å². The number of pyridine rings is 1. The molecular weight excluding hydrogens is 621 g/mol. The molecule has 10 heteroatoms. The first kappa shape index (κ1) is 32.3. The molecule has 1 aromatic heterocycles. The number of fused-ring (bicyclic) bond motifs is 1. The van der Waals surface area contributed by atoms with E-state index >= 15 is 0 Å². The smallest absolute Gasteiger partial charge is 0.416 e. The first-order chi connectivity index (χ1) is 21.6. The van der Waals surface area contributed by atoms with E-state index in [0.717, 1.165) is 42.4 Å². The number of alkyl halides is 3. The van der Waals surface area contributed by atoms with E-state index in [1.807, 2.05) is 48.5 Å². The van der Waals surface area contributed by atoms with Crippen LogP contribution in [0.4, 0.5) is 13.2 Å². The molecule has 0 unspecified atom stereocenters. The number of benzene rings is 4. The van der Waals surface area contributed by atoms with Crippen LogP contribution in [0.5, 0.6) is 5.75 Å². The molecule has 232 valence electrons. The fourth-order valence-corrected chi connectivity index (χ4v) is 6.28. The van der Waals surface area contributed by atoms with Gasteiger partial charge in [-0.1, -0.05) is 72.3 Å². The number of carbonyl (C=O) groups excluding carboxylic acids is 1. The van der Waals surface area contributed by atoms with Crippen LogP contribution in [0, 0.1) is 0 Å². The third-order valence-corrected chi connectivity index (χ3v) is 8.80. The van der Waals surface area contributed by atoms with Gasteiger partial charge >= 0.3 is 6.18 Å². The van der Waals surface area contributed by atoms with Crippen molar-refractivity contribution in [3.8, 4) is 16.9 Å². The fourth-order valence-electron chi connectivity index (χ4n) is 5.12. The molecule has 5 aromatic rings. The highest BCUT2D eigenvalue weighted by Crippen LogP contribution is 2.42. The van der Waals surface area contributed by atoms with Crippen molar-refractivity contribution in [1.82, 2.24) is 9.88 Å². The minimum Gasteiger partial charge on any atom is -0.507 e. The van der Waals surface area contributed by atoms with Crippen molar-refractivity contribution < 1.29 is 23.1 Å². The number of hydrogen-bond acceptors (Lipinski definition) is 5. The van der Waals surface area contributed by atoms with Gasteiger partial charge in [0.1, 0.15) is 11.5 Å². The van der Waals surface area contributed by atoms with E-state index in [0.29, 0.717) is 13.1 Å². The normalized spacial score (nSPS) is 11.8. The van der Waals surface area contributed by atoms with Crippen LogP contribution in [0.3, 0.4) is 0 Å². The summed E-state index contributed by atoms with van der Waals surface area (Å²) in [5.41, 5.74) is 1.17. The molecule has 0 bridgehead atoms. The van der Waals surface area contributed by atoms with E-state index in [9.17, 15) is 27.9 Å². The van der Waals surface area contributed by atoms with Gasteiger partial charge in [0.15, 0.2) is 0 Å². The minimum absolute atomic E-state index is 0.0259. The number of phenols is 1. The maximum atomic E-state index is 13.7. The number of carbonyl (C=O) groups is 1. The number of phenolic OH excluding ortho intramolecular Hbond substituents is 1. The zero-order valence-electron chi connectivity index (χ0n) is 24.1. The van der Waals surface area contributed by atoms with E-state index in [2.05, 4.69) is 22.0 Å². The highest BCUT2D eigenvalue weighted by atomic mass is 35.5. The summed E-state index contributed by atoms with van der Waals surface area (Å²) < 4.78 is 41.0. The minimum atomic E-state index is -4.63. The largest absolute Gasteiger partial charge is 0.507 e. The van der Waals surface area contributed by atoms with Gasteiger partial charge in [-0.25, -0.2) is 0 Å². The molecule has 5 nitrogen and oxygen atoms in total. The Bertz CT molecular complexity index is 1850. The van der Waals surface area contributed by atoms with Crippen molar-refractivity contribution in [1.29, 1.82) is 0 Å². The number of Topliss-reactive ketones (excluding diaryl/α,β-unsaturated/α-hetero) is 1. The summed E-state index contributed by atoms with van der Waals surface area (Å²) in [5, 5.41) is 11.0. The van der Waals surface area contributed by atoms with Gasteiger partial charge in [-0.15, -0.1) is 11.8 Å². The molecular formula is C35H30ClF3N2O3S. The van der Waals surface area contributed by atoms with Gasteiger partial charge in [-0.05, 0) is 53.9 Å². The van der Waals surface area contributed by atoms with Crippen LogP contribution < -0.4 is 5.56 Å². The Morgan fingerprint density at radius 2 is 1.58 bits per heavy atom. The van der Waals surface area contributed by atoms with E-state index in [1.54, 1.807) is 0 Å². The Labute approximate surface area is 267 Å². The molecule has 0 atom stereocenters. The molecule has 0 radical (unpaired) electrons. The quantitative estimate of drug-likeness (QED) is 0.133. The van der Waals surface area contributed by atoms with Crippen molar-refractivity contribution in [2.24, 2.45) is 0 Å². The van der Waals surface area contributed by atoms with Gasteiger partial charge in [0.25, 0.3) is 5.56 Å². The second-order valence-corrected chi connectivity index (χ2v) is 12.1. The van der Waals surface area contributed by atoms with Crippen molar-refractivity contribution in [3.63, 3.8) is 0 Å². The number of aromatic amines is 1. The lowest BCUT2D eigenvalue weighted by Crippen LogP contribution is -2.28. The number of ketones is 1. The van der Waals surface area contributed by atoms with E-state index in [-0.39, 0.29) is 55.7 Å². The summed E-state index contributed by atoms with van der Waals surface area (Å²) in [6, 6.07) is 27.2. The van der Waals surface area contributed by atoms with Crippen molar-refractivity contribution in [3.05, 3.63) is 129 Å². The summed E-state index contributed by atoms with van der Waals surface area (Å²) in [5.74, 6) is -0.464. The standard InChI is InChI=1S/C35H30ClF3N2O3S/c36-26-12-14-31(43)29(20-26)32-28-19-25(35(37,38)39)11-13-30(28)40-34(44)33(32)45-22-27(42)16-18-41(21-24-9-5-2-6-10-24)17-15-23-7-3-1-4-8-23/h1-14,19-20,43H,15-18,21-22H2,(H,40,44). The topological polar surface area (TPSA) is 73.4 Å². The molecule has 0 amide bonds. The van der Waals surface area contributed by atoms with Crippen molar-refractivity contribution in [2.45, 2.75) is 30.5 Å². The maximum Gasteiger partial charge on any atom is 0.416 e.